The summed E-state index contributed by atoms with van der Waals surface area (Å²) in [5.41, 5.74) is 1.07. The van der Waals surface area contributed by atoms with Crippen LogP contribution in [0.5, 0.6) is 5.88 Å². The number of hydrogen-bond acceptors (Lipinski definition) is 7. The number of ether oxygens (including phenoxy) is 1. The molecule has 0 unspecified atom stereocenters. The summed E-state index contributed by atoms with van der Waals surface area (Å²) in [4.78, 5) is 35.5. The van der Waals surface area contributed by atoms with Crippen molar-refractivity contribution < 1.29 is 14.6 Å². The van der Waals surface area contributed by atoms with E-state index in [9.17, 15) is 14.7 Å². The lowest BCUT2D eigenvalue weighted by molar-refractivity contribution is 0.0499. The standard InChI is InChI=1S/C22H29N3O4S2/c1-5-6-9-29-20(28)16-13-8-7-12(22(2,3)4)10-15(13)31-19(16)23-11-14-17(26)24-21(30)25-18(14)27/h11-12H,5-10H2,1-4H3,(H3,24,25,26,27,30)/t12-/m1/s1. The van der Waals surface area contributed by atoms with Gasteiger partial charge < -0.3 is 14.8 Å². The van der Waals surface area contributed by atoms with Crippen molar-refractivity contribution in [3.8, 4) is 5.88 Å². The average Bonchev–Trinajstić information content (AvgIpc) is 3.04. The first kappa shape index (κ1) is 23.4. The Hall–Kier alpha value is -2.26. The van der Waals surface area contributed by atoms with Crippen LogP contribution in [0.1, 0.15) is 73.3 Å². The second-order valence-electron chi connectivity index (χ2n) is 8.91. The highest BCUT2D eigenvalue weighted by Crippen LogP contribution is 2.45. The number of rotatable bonds is 6. The lowest BCUT2D eigenvalue weighted by atomic mass is 9.72. The van der Waals surface area contributed by atoms with Crippen molar-refractivity contribution >= 4 is 40.7 Å². The van der Waals surface area contributed by atoms with Gasteiger partial charge in [-0.3, -0.25) is 9.78 Å². The summed E-state index contributed by atoms with van der Waals surface area (Å²) in [5, 5.41) is 10.5. The Bertz CT molecular complexity index is 1110. The first-order valence-corrected chi connectivity index (χ1v) is 11.8. The molecule has 2 aromatic rings. The van der Waals surface area contributed by atoms with Crippen molar-refractivity contribution in [2.45, 2.75) is 59.8 Å². The van der Waals surface area contributed by atoms with Crippen LogP contribution in [0.25, 0.3) is 0 Å². The van der Waals surface area contributed by atoms with Crippen LogP contribution >= 0.6 is 23.6 Å². The fourth-order valence-corrected chi connectivity index (χ4v) is 5.17. The summed E-state index contributed by atoms with van der Waals surface area (Å²) in [5.74, 6) is -0.225. The highest BCUT2D eigenvalue weighted by Gasteiger charge is 2.34. The van der Waals surface area contributed by atoms with E-state index in [0.717, 1.165) is 42.5 Å². The van der Waals surface area contributed by atoms with Crippen LogP contribution in [0.4, 0.5) is 5.00 Å². The fraction of sp³-hybridized carbons (Fsp3) is 0.545. The monoisotopic (exact) mass is 463 g/mol. The van der Waals surface area contributed by atoms with Gasteiger partial charge in [0.15, 0.2) is 4.77 Å². The number of fused-ring (bicyclic) bond motifs is 1. The molecule has 0 fully saturated rings. The van der Waals surface area contributed by atoms with Gasteiger partial charge >= 0.3 is 5.97 Å². The van der Waals surface area contributed by atoms with Gasteiger partial charge in [-0.15, -0.1) is 11.3 Å². The van der Waals surface area contributed by atoms with Gasteiger partial charge in [0.1, 0.15) is 10.6 Å². The number of hydrogen-bond donors (Lipinski definition) is 3. The lowest BCUT2D eigenvalue weighted by Gasteiger charge is -2.33. The zero-order valence-electron chi connectivity index (χ0n) is 18.3. The van der Waals surface area contributed by atoms with Crippen molar-refractivity contribution in [3.05, 3.63) is 36.7 Å². The SMILES string of the molecule is CCCCOC(=O)c1c(N=Cc2c(O)[nH]c(=S)[nH]c2=O)sc2c1CC[C@@H](C(C)(C)C)C2. The molecule has 168 valence electrons. The number of aromatic nitrogens is 2. The van der Waals surface area contributed by atoms with Gasteiger partial charge in [0.05, 0.1) is 12.2 Å². The molecule has 0 saturated carbocycles. The van der Waals surface area contributed by atoms with Crippen molar-refractivity contribution in [1.29, 1.82) is 0 Å². The molecule has 0 bridgehead atoms. The zero-order chi connectivity index (χ0) is 22.8. The highest BCUT2D eigenvalue weighted by atomic mass is 32.1. The van der Waals surface area contributed by atoms with E-state index in [-0.39, 0.29) is 27.6 Å². The van der Waals surface area contributed by atoms with Crippen LogP contribution in [0.2, 0.25) is 0 Å². The molecule has 7 nitrogen and oxygen atoms in total. The fourth-order valence-electron chi connectivity index (χ4n) is 3.72. The van der Waals surface area contributed by atoms with Crippen LogP contribution < -0.4 is 5.56 Å². The molecule has 2 heterocycles. The van der Waals surface area contributed by atoms with Crippen molar-refractivity contribution in [2.24, 2.45) is 16.3 Å². The summed E-state index contributed by atoms with van der Waals surface area (Å²) >= 11 is 6.31. The normalized spacial score (nSPS) is 16.5. The minimum atomic E-state index is -0.550. The third-order valence-corrected chi connectivity index (χ3v) is 7.04. The van der Waals surface area contributed by atoms with Crippen LogP contribution in [-0.4, -0.2) is 33.9 Å². The van der Waals surface area contributed by atoms with E-state index in [0.29, 0.717) is 23.1 Å². The number of nitrogens with zero attached hydrogens (tertiary/aromatic N) is 1. The Morgan fingerprint density at radius 2 is 2.13 bits per heavy atom. The minimum Gasteiger partial charge on any atom is -0.494 e. The Morgan fingerprint density at radius 1 is 1.39 bits per heavy atom. The van der Waals surface area contributed by atoms with E-state index < -0.39 is 5.56 Å². The van der Waals surface area contributed by atoms with E-state index >= 15 is 0 Å². The molecule has 31 heavy (non-hydrogen) atoms. The molecule has 1 aliphatic rings. The average molecular weight is 464 g/mol. The summed E-state index contributed by atoms with van der Waals surface area (Å²) in [6, 6.07) is 0. The first-order chi connectivity index (χ1) is 14.6. The van der Waals surface area contributed by atoms with Crippen molar-refractivity contribution in [3.63, 3.8) is 0 Å². The Labute approximate surface area is 190 Å². The zero-order valence-corrected chi connectivity index (χ0v) is 20.0. The molecule has 0 radical (unpaired) electrons. The second kappa shape index (κ2) is 9.48. The molecule has 0 aliphatic heterocycles. The number of thiophene rings is 1. The number of unbranched alkanes of at least 4 members (excludes halogenated alkanes) is 1. The first-order valence-electron chi connectivity index (χ1n) is 10.5. The molecule has 1 aliphatic carbocycles. The number of esters is 1. The Morgan fingerprint density at radius 3 is 2.77 bits per heavy atom. The van der Waals surface area contributed by atoms with Gasteiger partial charge in [-0.25, -0.2) is 9.79 Å². The third-order valence-electron chi connectivity index (χ3n) is 5.68. The maximum atomic E-state index is 12.9. The molecular weight excluding hydrogens is 434 g/mol. The van der Waals surface area contributed by atoms with E-state index in [1.807, 2.05) is 6.92 Å². The summed E-state index contributed by atoms with van der Waals surface area (Å²) in [6.45, 7) is 9.12. The smallest absolute Gasteiger partial charge is 0.341 e. The number of H-pyrrole nitrogens is 2. The predicted octanol–water partition coefficient (Wildman–Crippen LogP) is 5.06. The van der Waals surface area contributed by atoms with Crippen molar-refractivity contribution in [1.82, 2.24) is 9.97 Å². The minimum absolute atomic E-state index is 0.0275. The summed E-state index contributed by atoms with van der Waals surface area (Å²) in [7, 11) is 0. The van der Waals surface area contributed by atoms with Crippen LogP contribution in [-0.2, 0) is 17.6 Å². The number of aliphatic imine (C=N–C) groups is 1. The van der Waals surface area contributed by atoms with Crippen LogP contribution in [0.15, 0.2) is 9.79 Å². The van der Waals surface area contributed by atoms with Gasteiger partial charge in [-0.2, -0.15) is 0 Å². The molecular formula is C22H29N3O4S2. The molecule has 0 amide bonds. The molecule has 3 N–H and O–H groups in total. The Balaban J connectivity index is 2.01. The van der Waals surface area contributed by atoms with Gasteiger partial charge in [0.25, 0.3) is 5.56 Å². The lowest BCUT2D eigenvalue weighted by Crippen LogP contribution is -2.26. The summed E-state index contributed by atoms with van der Waals surface area (Å²) < 4.78 is 5.53. The topological polar surface area (TPSA) is 108 Å². The molecule has 0 saturated heterocycles. The van der Waals surface area contributed by atoms with Crippen LogP contribution in [0, 0.1) is 16.1 Å². The quantitative estimate of drug-likeness (QED) is 0.240. The van der Waals surface area contributed by atoms with Gasteiger partial charge in [0, 0.05) is 11.1 Å². The molecule has 0 aromatic carbocycles. The number of aromatic hydroxyl groups is 1. The van der Waals surface area contributed by atoms with Crippen molar-refractivity contribution in [2.75, 3.05) is 6.61 Å². The maximum absolute atomic E-state index is 12.9. The van der Waals surface area contributed by atoms with Gasteiger partial charge in [-0.1, -0.05) is 34.1 Å². The molecule has 2 aromatic heterocycles. The Kier molecular flexibility index (Phi) is 7.16. The molecule has 1 atom stereocenters. The van der Waals surface area contributed by atoms with Gasteiger partial charge in [-0.05, 0) is 54.8 Å². The van der Waals surface area contributed by atoms with E-state index in [1.54, 1.807) is 0 Å². The largest absolute Gasteiger partial charge is 0.494 e. The number of carbonyl (C=O) groups excluding carboxylic acids is 1. The molecule has 3 rings (SSSR count). The molecule has 9 heteroatoms. The third kappa shape index (κ3) is 5.33. The van der Waals surface area contributed by atoms with E-state index in [2.05, 4.69) is 35.7 Å². The maximum Gasteiger partial charge on any atom is 0.341 e. The van der Waals surface area contributed by atoms with E-state index in [4.69, 9.17) is 17.0 Å². The number of carbonyl (C=O) groups is 1. The number of aromatic amines is 2. The van der Waals surface area contributed by atoms with Crippen LogP contribution in [0.3, 0.4) is 0 Å². The second-order valence-corrected chi connectivity index (χ2v) is 10.4. The number of nitrogens with one attached hydrogen (secondary N) is 2. The van der Waals surface area contributed by atoms with E-state index in [1.165, 1.54) is 17.6 Å². The highest BCUT2D eigenvalue weighted by molar-refractivity contribution is 7.71. The predicted molar refractivity (Wildman–Crippen MR) is 126 cm³/mol. The van der Waals surface area contributed by atoms with Gasteiger partial charge in [0.2, 0.25) is 5.88 Å². The summed E-state index contributed by atoms with van der Waals surface area (Å²) in [6.07, 6.45) is 5.69. The molecule has 0 spiro atoms.